The summed E-state index contributed by atoms with van der Waals surface area (Å²) in [4.78, 5) is 13.9. The summed E-state index contributed by atoms with van der Waals surface area (Å²) in [6.07, 6.45) is 1.87. The molecule has 1 saturated heterocycles. The van der Waals surface area contributed by atoms with Crippen LogP contribution in [0.5, 0.6) is 11.5 Å². The number of para-hydroxylation sites is 1. The lowest BCUT2D eigenvalue weighted by Gasteiger charge is -2.23. The summed E-state index contributed by atoms with van der Waals surface area (Å²) in [6.45, 7) is 10.2. The van der Waals surface area contributed by atoms with Crippen molar-refractivity contribution in [2.45, 2.75) is 38.9 Å². The molecular weight excluding hydrogens is 392 g/mol. The first kappa shape index (κ1) is 21.7. The summed E-state index contributed by atoms with van der Waals surface area (Å²) in [5, 5.41) is 3.02. The Kier molecular flexibility index (Phi) is 6.78. The van der Waals surface area contributed by atoms with E-state index in [1.807, 2.05) is 36.4 Å². The quantitative estimate of drug-likeness (QED) is 0.636. The lowest BCUT2D eigenvalue weighted by molar-refractivity contribution is -0.908. The molecule has 2 aromatic rings. The number of rotatable bonds is 8. The molecule has 2 aromatic carbocycles. The average molecular weight is 426 g/mol. The predicted molar refractivity (Wildman–Crippen MR) is 119 cm³/mol. The summed E-state index contributed by atoms with van der Waals surface area (Å²) in [6, 6.07) is 13.6. The van der Waals surface area contributed by atoms with Gasteiger partial charge in [0.2, 0.25) is 0 Å². The zero-order valence-electron chi connectivity index (χ0n) is 18.5. The van der Waals surface area contributed by atoms with Crippen molar-refractivity contribution in [1.29, 1.82) is 0 Å². The predicted octanol–water partition coefficient (Wildman–Crippen LogP) is 2.01. The summed E-state index contributed by atoms with van der Waals surface area (Å²) in [7, 11) is 0. The Morgan fingerprint density at radius 2 is 1.90 bits per heavy atom. The molecule has 6 heteroatoms. The second-order valence-electron chi connectivity index (χ2n) is 8.99. The van der Waals surface area contributed by atoms with Gasteiger partial charge in [0.15, 0.2) is 11.5 Å². The molecule has 2 aliphatic rings. The van der Waals surface area contributed by atoms with Crippen molar-refractivity contribution >= 4 is 5.91 Å². The highest BCUT2D eigenvalue weighted by Gasteiger charge is 2.32. The third-order valence-electron chi connectivity index (χ3n) is 5.86. The van der Waals surface area contributed by atoms with Gasteiger partial charge in [-0.2, -0.15) is 0 Å². The molecule has 0 radical (unpaired) electrons. The second-order valence-corrected chi connectivity index (χ2v) is 8.99. The highest BCUT2D eigenvalue weighted by atomic mass is 16.5. The maximum Gasteiger partial charge on any atom is 0.251 e. The fourth-order valence-electron chi connectivity index (χ4n) is 4.17. The summed E-state index contributed by atoms with van der Waals surface area (Å²) in [5.74, 6) is 1.59. The van der Waals surface area contributed by atoms with Crippen LogP contribution in [0, 0.1) is 0 Å². The van der Waals surface area contributed by atoms with Gasteiger partial charge >= 0.3 is 0 Å². The highest BCUT2D eigenvalue weighted by molar-refractivity contribution is 5.94. The van der Waals surface area contributed by atoms with Crippen molar-refractivity contribution in [3.63, 3.8) is 0 Å². The molecule has 0 saturated carbocycles. The van der Waals surface area contributed by atoms with Gasteiger partial charge in [-0.25, -0.2) is 0 Å². The minimum atomic E-state index is -0.194. The van der Waals surface area contributed by atoms with E-state index in [0.717, 1.165) is 62.8 Å². The number of ether oxygens (including phenoxy) is 3. The van der Waals surface area contributed by atoms with E-state index < -0.39 is 0 Å². The van der Waals surface area contributed by atoms with Crippen molar-refractivity contribution in [2.75, 3.05) is 39.4 Å². The molecule has 2 aliphatic heterocycles. The fraction of sp³-hybridized carbons (Fsp3) is 0.480. The van der Waals surface area contributed by atoms with Crippen LogP contribution in [-0.2, 0) is 17.8 Å². The molecule has 1 fully saturated rings. The Morgan fingerprint density at radius 3 is 2.68 bits per heavy atom. The smallest absolute Gasteiger partial charge is 0.251 e. The normalized spacial score (nSPS) is 17.6. The van der Waals surface area contributed by atoms with Gasteiger partial charge in [-0.3, -0.25) is 4.79 Å². The van der Waals surface area contributed by atoms with E-state index in [1.54, 1.807) is 4.90 Å². The van der Waals surface area contributed by atoms with E-state index in [-0.39, 0.29) is 11.5 Å². The molecule has 2 heterocycles. The standard InChI is InChI=1S/C25H32N2O4/c1-25(2)17-21-5-3-6-22(23(21)31-25)30-18-19-7-9-20(10-8-19)24(28)26-11-4-12-27-13-15-29-16-14-27/h3,5-10H,4,11-18H2,1-2H3,(H,26,28)/p+1. The number of morpholine rings is 1. The van der Waals surface area contributed by atoms with Gasteiger partial charge in [0.05, 0.1) is 19.8 Å². The number of hydrogen-bond donors (Lipinski definition) is 2. The second kappa shape index (κ2) is 9.71. The zero-order chi connectivity index (χ0) is 21.7. The summed E-state index contributed by atoms with van der Waals surface area (Å²) < 4.78 is 17.5. The monoisotopic (exact) mass is 425 g/mol. The lowest BCUT2D eigenvalue weighted by Crippen LogP contribution is -3.14. The maximum absolute atomic E-state index is 12.4. The van der Waals surface area contributed by atoms with Gasteiger partial charge < -0.3 is 24.4 Å². The highest BCUT2D eigenvalue weighted by Crippen LogP contribution is 2.41. The number of quaternary nitrogens is 1. The largest absolute Gasteiger partial charge is 0.485 e. The van der Waals surface area contributed by atoms with Crippen molar-refractivity contribution in [3.05, 3.63) is 59.2 Å². The Balaban J connectivity index is 1.23. The summed E-state index contributed by atoms with van der Waals surface area (Å²) in [5.41, 5.74) is 2.68. The summed E-state index contributed by atoms with van der Waals surface area (Å²) >= 11 is 0. The van der Waals surface area contributed by atoms with Crippen LogP contribution in [0.2, 0.25) is 0 Å². The molecule has 0 unspecified atom stereocenters. The number of carbonyl (C=O) groups is 1. The van der Waals surface area contributed by atoms with Gasteiger partial charge in [0.1, 0.15) is 25.3 Å². The van der Waals surface area contributed by atoms with Gasteiger partial charge in [-0.1, -0.05) is 24.3 Å². The minimum Gasteiger partial charge on any atom is -0.485 e. The molecule has 1 amide bonds. The van der Waals surface area contributed by atoms with Crippen molar-refractivity contribution < 1.29 is 23.9 Å². The Hall–Kier alpha value is -2.57. The van der Waals surface area contributed by atoms with E-state index in [9.17, 15) is 4.79 Å². The van der Waals surface area contributed by atoms with E-state index in [2.05, 4.69) is 25.2 Å². The van der Waals surface area contributed by atoms with Crippen LogP contribution in [0.4, 0.5) is 0 Å². The maximum atomic E-state index is 12.4. The van der Waals surface area contributed by atoms with Gasteiger partial charge in [0, 0.05) is 30.5 Å². The zero-order valence-corrected chi connectivity index (χ0v) is 18.5. The minimum absolute atomic E-state index is 0.0269. The molecule has 0 bridgehead atoms. The number of amides is 1. The Labute approximate surface area is 184 Å². The van der Waals surface area contributed by atoms with Gasteiger partial charge in [-0.05, 0) is 37.6 Å². The van der Waals surface area contributed by atoms with Crippen LogP contribution in [0.15, 0.2) is 42.5 Å². The van der Waals surface area contributed by atoms with Crippen LogP contribution in [0.25, 0.3) is 0 Å². The van der Waals surface area contributed by atoms with Crippen LogP contribution in [0.1, 0.15) is 41.8 Å². The third-order valence-corrected chi connectivity index (χ3v) is 5.86. The van der Waals surface area contributed by atoms with Crippen molar-refractivity contribution in [1.82, 2.24) is 5.32 Å². The van der Waals surface area contributed by atoms with E-state index in [4.69, 9.17) is 14.2 Å². The average Bonchev–Trinajstić information content (AvgIpc) is 3.10. The van der Waals surface area contributed by atoms with Crippen LogP contribution >= 0.6 is 0 Å². The number of benzene rings is 2. The SMILES string of the molecule is CC1(C)Cc2cccc(OCc3ccc(C(=O)NCCC[NH+]4CCOCC4)cc3)c2O1. The number of nitrogens with one attached hydrogen (secondary N) is 2. The van der Waals surface area contributed by atoms with Gasteiger partial charge in [0.25, 0.3) is 5.91 Å². The van der Waals surface area contributed by atoms with Crippen LogP contribution in [0.3, 0.4) is 0 Å². The first-order chi connectivity index (χ1) is 15.0. The number of hydrogen-bond acceptors (Lipinski definition) is 4. The third kappa shape index (κ3) is 5.77. The Morgan fingerprint density at radius 1 is 1.13 bits per heavy atom. The molecule has 0 spiro atoms. The van der Waals surface area contributed by atoms with Crippen LogP contribution in [-0.4, -0.2) is 50.9 Å². The topological polar surface area (TPSA) is 61.2 Å². The van der Waals surface area contributed by atoms with E-state index in [1.165, 1.54) is 5.56 Å². The molecule has 31 heavy (non-hydrogen) atoms. The van der Waals surface area contributed by atoms with Crippen molar-refractivity contribution in [2.24, 2.45) is 0 Å². The number of carbonyl (C=O) groups excluding carboxylic acids is 1. The lowest BCUT2D eigenvalue weighted by atomic mass is 10.0. The van der Waals surface area contributed by atoms with Gasteiger partial charge in [-0.15, -0.1) is 0 Å². The Bertz CT molecular complexity index is 889. The number of fused-ring (bicyclic) bond motifs is 1. The van der Waals surface area contributed by atoms with E-state index >= 15 is 0 Å². The molecule has 0 aromatic heterocycles. The van der Waals surface area contributed by atoms with Crippen LogP contribution < -0.4 is 19.7 Å². The fourth-order valence-corrected chi connectivity index (χ4v) is 4.17. The first-order valence-corrected chi connectivity index (χ1v) is 11.2. The molecule has 2 N–H and O–H groups in total. The molecule has 0 aliphatic carbocycles. The molecule has 0 atom stereocenters. The molecule has 6 nitrogen and oxygen atoms in total. The molecular formula is C25H33N2O4+. The van der Waals surface area contributed by atoms with E-state index in [0.29, 0.717) is 18.7 Å². The first-order valence-electron chi connectivity index (χ1n) is 11.2. The molecule has 166 valence electrons. The molecule has 4 rings (SSSR count). The van der Waals surface area contributed by atoms with Crippen molar-refractivity contribution in [3.8, 4) is 11.5 Å².